The standard InChI is InChI=1S/C16H15Br2NO/c1-2-10-20-13-8-6-12(7-9-13)11-19-16-14(17)4-3-5-15(16)18/h2-9,19H,1,10-11H2. The van der Waals surface area contributed by atoms with Gasteiger partial charge in [-0.1, -0.05) is 30.9 Å². The summed E-state index contributed by atoms with van der Waals surface area (Å²) in [5.41, 5.74) is 2.25. The number of hydrogen-bond acceptors (Lipinski definition) is 2. The molecule has 0 unspecified atom stereocenters. The number of halogens is 2. The molecule has 0 saturated heterocycles. The van der Waals surface area contributed by atoms with Crippen LogP contribution in [0, 0.1) is 0 Å². The Kier molecular flexibility index (Phi) is 5.68. The lowest BCUT2D eigenvalue weighted by atomic mass is 10.2. The minimum absolute atomic E-state index is 0.529. The van der Waals surface area contributed by atoms with Gasteiger partial charge in [0.25, 0.3) is 0 Å². The molecule has 2 nitrogen and oxygen atoms in total. The van der Waals surface area contributed by atoms with Crippen molar-refractivity contribution in [3.8, 4) is 5.75 Å². The van der Waals surface area contributed by atoms with Crippen LogP contribution in [0.4, 0.5) is 5.69 Å². The summed E-state index contributed by atoms with van der Waals surface area (Å²) in [7, 11) is 0. The van der Waals surface area contributed by atoms with Gasteiger partial charge in [-0.05, 0) is 61.7 Å². The van der Waals surface area contributed by atoms with Crippen molar-refractivity contribution in [2.45, 2.75) is 6.54 Å². The fourth-order valence-corrected chi connectivity index (χ4v) is 2.99. The van der Waals surface area contributed by atoms with E-state index in [1.165, 1.54) is 5.56 Å². The molecular formula is C16H15Br2NO. The van der Waals surface area contributed by atoms with E-state index in [2.05, 4.69) is 55.9 Å². The second kappa shape index (κ2) is 7.50. The lowest BCUT2D eigenvalue weighted by Crippen LogP contribution is -2.01. The highest BCUT2D eigenvalue weighted by Crippen LogP contribution is 2.30. The molecular weight excluding hydrogens is 382 g/mol. The van der Waals surface area contributed by atoms with Gasteiger partial charge in [-0.3, -0.25) is 0 Å². The van der Waals surface area contributed by atoms with Gasteiger partial charge in [0, 0.05) is 15.5 Å². The fraction of sp³-hybridized carbons (Fsp3) is 0.125. The zero-order valence-corrected chi connectivity index (χ0v) is 14.1. The fourth-order valence-electron chi connectivity index (χ4n) is 1.72. The predicted octanol–water partition coefficient (Wildman–Crippen LogP) is 5.39. The van der Waals surface area contributed by atoms with Crippen molar-refractivity contribution in [1.82, 2.24) is 0 Å². The summed E-state index contributed by atoms with van der Waals surface area (Å²) in [5, 5.41) is 3.41. The molecule has 0 atom stereocenters. The molecule has 1 N–H and O–H groups in total. The Morgan fingerprint density at radius 3 is 2.30 bits per heavy atom. The lowest BCUT2D eigenvalue weighted by molar-refractivity contribution is 0.363. The molecule has 0 aromatic heterocycles. The first-order valence-corrected chi connectivity index (χ1v) is 7.80. The van der Waals surface area contributed by atoms with Gasteiger partial charge in [-0.15, -0.1) is 0 Å². The van der Waals surface area contributed by atoms with E-state index in [0.29, 0.717) is 6.61 Å². The third-order valence-electron chi connectivity index (χ3n) is 2.72. The van der Waals surface area contributed by atoms with E-state index >= 15 is 0 Å². The highest BCUT2D eigenvalue weighted by Gasteiger charge is 2.04. The van der Waals surface area contributed by atoms with Gasteiger partial charge in [-0.25, -0.2) is 0 Å². The number of nitrogens with one attached hydrogen (secondary N) is 1. The number of hydrogen-bond donors (Lipinski definition) is 1. The Morgan fingerprint density at radius 1 is 1.05 bits per heavy atom. The van der Waals surface area contributed by atoms with E-state index in [4.69, 9.17) is 4.74 Å². The maximum Gasteiger partial charge on any atom is 0.119 e. The highest BCUT2D eigenvalue weighted by atomic mass is 79.9. The average molecular weight is 397 g/mol. The molecule has 0 amide bonds. The topological polar surface area (TPSA) is 21.3 Å². The first kappa shape index (κ1) is 15.1. The van der Waals surface area contributed by atoms with E-state index in [9.17, 15) is 0 Å². The highest BCUT2D eigenvalue weighted by molar-refractivity contribution is 9.11. The third-order valence-corrected chi connectivity index (χ3v) is 4.04. The molecule has 0 heterocycles. The van der Waals surface area contributed by atoms with Crippen molar-refractivity contribution in [2.75, 3.05) is 11.9 Å². The normalized spacial score (nSPS) is 10.1. The van der Waals surface area contributed by atoms with Crippen molar-refractivity contribution in [2.24, 2.45) is 0 Å². The molecule has 20 heavy (non-hydrogen) atoms. The van der Waals surface area contributed by atoms with E-state index in [0.717, 1.165) is 26.9 Å². The monoisotopic (exact) mass is 395 g/mol. The molecule has 0 aliphatic heterocycles. The van der Waals surface area contributed by atoms with Crippen molar-refractivity contribution in [3.05, 3.63) is 69.6 Å². The number of para-hydroxylation sites is 1. The van der Waals surface area contributed by atoms with Crippen LogP contribution in [0.15, 0.2) is 64.1 Å². The SMILES string of the molecule is C=CCOc1ccc(CNc2c(Br)cccc2Br)cc1. The Morgan fingerprint density at radius 2 is 1.70 bits per heavy atom. The van der Waals surface area contributed by atoms with Crippen molar-refractivity contribution in [1.29, 1.82) is 0 Å². The molecule has 0 aliphatic carbocycles. The second-order valence-electron chi connectivity index (χ2n) is 4.19. The van der Waals surface area contributed by atoms with Crippen LogP contribution >= 0.6 is 31.9 Å². The van der Waals surface area contributed by atoms with Crippen LogP contribution in [0.3, 0.4) is 0 Å². The van der Waals surface area contributed by atoms with E-state index < -0.39 is 0 Å². The molecule has 0 saturated carbocycles. The number of anilines is 1. The molecule has 2 rings (SSSR count). The quantitative estimate of drug-likeness (QED) is 0.661. The summed E-state index contributed by atoms with van der Waals surface area (Å²) in [6.45, 7) is 4.91. The van der Waals surface area contributed by atoms with Crippen LogP contribution in [0.5, 0.6) is 5.75 Å². The van der Waals surface area contributed by atoms with Crippen molar-refractivity contribution in [3.63, 3.8) is 0 Å². The molecule has 0 fully saturated rings. The smallest absolute Gasteiger partial charge is 0.119 e. The minimum atomic E-state index is 0.529. The summed E-state index contributed by atoms with van der Waals surface area (Å²) < 4.78 is 7.54. The molecule has 0 aliphatic rings. The van der Waals surface area contributed by atoms with E-state index in [1.54, 1.807) is 6.08 Å². The summed E-state index contributed by atoms with van der Waals surface area (Å²) in [6, 6.07) is 14.1. The van der Waals surface area contributed by atoms with E-state index in [1.807, 2.05) is 30.3 Å². The van der Waals surface area contributed by atoms with Crippen molar-refractivity contribution < 1.29 is 4.74 Å². The molecule has 2 aromatic carbocycles. The van der Waals surface area contributed by atoms with Crippen LogP contribution in [0.1, 0.15) is 5.56 Å². The summed E-state index contributed by atoms with van der Waals surface area (Å²) in [4.78, 5) is 0. The Labute approximate surface area is 136 Å². The Balaban J connectivity index is 1.98. The van der Waals surface area contributed by atoms with Gasteiger partial charge in [-0.2, -0.15) is 0 Å². The Hall–Kier alpha value is -1.26. The molecule has 104 valence electrons. The lowest BCUT2D eigenvalue weighted by Gasteiger charge is -2.11. The molecule has 2 aromatic rings. The van der Waals surface area contributed by atoms with Crippen LogP contribution in [-0.4, -0.2) is 6.61 Å². The van der Waals surface area contributed by atoms with Gasteiger partial charge >= 0.3 is 0 Å². The maximum absolute atomic E-state index is 5.46. The number of rotatable bonds is 6. The maximum atomic E-state index is 5.46. The Bertz CT molecular complexity index is 561. The van der Waals surface area contributed by atoms with Crippen molar-refractivity contribution >= 4 is 37.5 Å². The predicted molar refractivity (Wildman–Crippen MR) is 91.3 cm³/mol. The first-order valence-electron chi connectivity index (χ1n) is 6.21. The third kappa shape index (κ3) is 4.12. The van der Waals surface area contributed by atoms with Gasteiger partial charge in [0.05, 0.1) is 5.69 Å². The number of ether oxygens (including phenoxy) is 1. The van der Waals surface area contributed by atoms with Gasteiger partial charge in [0.2, 0.25) is 0 Å². The summed E-state index contributed by atoms with van der Waals surface area (Å²) in [5.74, 6) is 0.857. The van der Waals surface area contributed by atoms with E-state index in [-0.39, 0.29) is 0 Å². The zero-order valence-electron chi connectivity index (χ0n) is 10.9. The van der Waals surface area contributed by atoms with Gasteiger partial charge in [0.15, 0.2) is 0 Å². The first-order chi connectivity index (χ1) is 9.70. The van der Waals surface area contributed by atoms with Crippen LogP contribution < -0.4 is 10.1 Å². The van der Waals surface area contributed by atoms with Gasteiger partial charge in [0.1, 0.15) is 12.4 Å². The summed E-state index contributed by atoms with van der Waals surface area (Å²) in [6.07, 6.45) is 1.74. The van der Waals surface area contributed by atoms with Crippen LogP contribution in [0.2, 0.25) is 0 Å². The van der Waals surface area contributed by atoms with Crippen LogP contribution in [0.25, 0.3) is 0 Å². The minimum Gasteiger partial charge on any atom is -0.490 e. The molecule has 0 bridgehead atoms. The molecule has 0 spiro atoms. The van der Waals surface area contributed by atoms with Gasteiger partial charge < -0.3 is 10.1 Å². The van der Waals surface area contributed by atoms with Crippen LogP contribution in [-0.2, 0) is 6.54 Å². The second-order valence-corrected chi connectivity index (χ2v) is 5.90. The largest absolute Gasteiger partial charge is 0.490 e. The average Bonchev–Trinajstić information content (AvgIpc) is 2.46. The summed E-state index contributed by atoms with van der Waals surface area (Å²) >= 11 is 7.08. The molecule has 0 radical (unpaired) electrons. The molecule has 4 heteroatoms. The zero-order chi connectivity index (χ0) is 14.4. The number of benzene rings is 2.